The number of anilines is 1. The van der Waals surface area contributed by atoms with Crippen molar-refractivity contribution in [1.82, 2.24) is 5.32 Å². The van der Waals surface area contributed by atoms with Crippen molar-refractivity contribution in [3.05, 3.63) is 40.9 Å². The maximum absolute atomic E-state index is 12.1. The summed E-state index contributed by atoms with van der Waals surface area (Å²) < 4.78 is 0.977. The van der Waals surface area contributed by atoms with Gasteiger partial charge in [0.15, 0.2) is 0 Å². The lowest BCUT2D eigenvalue weighted by atomic mass is 10.1. The number of rotatable bonds is 4. The Morgan fingerprint density at radius 3 is 3.00 bits per heavy atom. The van der Waals surface area contributed by atoms with Gasteiger partial charge in [0.05, 0.1) is 5.92 Å². The van der Waals surface area contributed by atoms with Gasteiger partial charge in [-0.25, -0.2) is 0 Å². The summed E-state index contributed by atoms with van der Waals surface area (Å²) in [7, 11) is 0. The number of halogens is 1. The minimum atomic E-state index is -0.287. The van der Waals surface area contributed by atoms with Crippen LogP contribution in [0.25, 0.3) is 0 Å². The van der Waals surface area contributed by atoms with Crippen molar-refractivity contribution in [2.45, 2.75) is 13.3 Å². The SMILES string of the molecule is C=CCNC(=O)[C@H]1CC(=O)N(c2ccc(Br)cc2C)C1. The molecule has 106 valence electrons. The average molecular weight is 337 g/mol. The van der Waals surface area contributed by atoms with Crippen LogP contribution in [0.3, 0.4) is 0 Å². The maximum Gasteiger partial charge on any atom is 0.227 e. The average Bonchev–Trinajstić information content (AvgIpc) is 2.78. The number of nitrogens with one attached hydrogen (secondary N) is 1. The number of amides is 2. The Hall–Kier alpha value is -1.62. The Bertz CT molecular complexity index is 557. The van der Waals surface area contributed by atoms with Crippen LogP contribution in [-0.2, 0) is 9.59 Å². The summed E-state index contributed by atoms with van der Waals surface area (Å²) in [5.74, 6) is -0.379. The normalized spacial score (nSPS) is 18.2. The van der Waals surface area contributed by atoms with Gasteiger partial charge < -0.3 is 10.2 Å². The van der Waals surface area contributed by atoms with Crippen LogP contribution in [-0.4, -0.2) is 24.9 Å². The van der Waals surface area contributed by atoms with Crippen LogP contribution in [0.2, 0.25) is 0 Å². The van der Waals surface area contributed by atoms with E-state index in [9.17, 15) is 9.59 Å². The molecule has 0 aliphatic carbocycles. The molecule has 1 heterocycles. The summed E-state index contributed by atoms with van der Waals surface area (Å²) in [5.41, 5.74) is 1.89. The van der Waals surface area contributed by atoms with Crippen molar-refractivity contribution >= 4 is 33.4 Å². The first-order valence-electron chi connectivity index (χ1n) is 6.48. The number of hydrogen-bond donors (Lipinski definition) is 1. The summed E-state index contributed by atoms with van der Waals surface area (Å²) in [6, 6.07) is 5.77. The monoisotopic (exact) mass is 336 g/mol. The highest BCUT2D eigenvalue weighted by Crippen LogP contribution is 2.29. The number of carbonyl (C=O) groups is 2. The summed E-state index contributed by atoms with van der Waals surface area (Å²) in [5, 5.41) is 2.75. The van der Waals surface area contributed by atoms with E-state index in [1.54, 1.807) is 11.0 Å². The molecule has 1 fully saturated rings. The van der Waals surface area contributed by atoms with Gasteiger partial charge in [0.25, 0.3) is 0 Å². The molecule has 1 aromatic carbocycles. The van der Waals surface area contributed by atoms with Gasteiger partial charge in [0.1, 0.15) is 0 Å². The third-order valence-electron chi connectivity index (χ3n) is 3.37. The van der Waals surface area contributed by atoms with Crippen LogP contribution >= 0.6 is 15.9 Å². The molecule has 1 saturated heterocycles. The van der Waals surface area contributed by atoms with Gasteiger partial charge in [-0.2, -0.15) is 0 Å². The molecule has 0 saturated carbocycles. The molecule has 0 radical (unpaired) electrons. The zero-order chi connectivity index (χ0) is 14.7. The third kappa shape index (κ3) is 3.10. The third-order valence-corrected chi connectivity index (χ3v) is 3.86. The molecular formula is C15H17BrN2O2. The molecule has 1 aromatic rings. The molecule has 0 bridgehead atoms. The minimum absolute atomic E-state index is 0.00539. The Labute approximate surface area is 127 Å². The second kappa shape index (κ2) is 6.22. The van der Waals surface area contributed by atoms with Gasteiger partial charge >= 0.3 is 0 Å². The molecule has 1 N–H and O–H groups in total. The molecule has 0 aromatic heterocycles. The predicted octanol–water partition coefficient (Wildman–Crippen LogP) is 2.41. The van der Waals surface area contributed by atoms with E-state index in [0.29, 0.717) is 13.1 Å². The number of benzene rings is 1. The Balaban J connectivity index is 2.13. The molecule has 1 aliphatic rings. The fraction of sp³-hybridized carbons (Fsp3) is 0.333. The molecule has 0 unspecified atom stereocenters. The lowest BCUT2D eigenvalue weighted by Crippen LogP contribution is -2.33. The van der Waals surface area contributed by atoms with Crippen LogP contribution in [0.5, 0.6) is 0 Å². The fourth-order valence-electron chi connectivity index (χ4n) is 2.35. The highest BCUT2D eigenvalue weighted by atomic mass is 79.9. The minimum Gasteiger partial charge on any atom is -0.352 e. The van der Waals surface area contributed by atoms with E-state index in [1.165, 1.54) is 0 Å². The van der Waals surface area contributed by atoms with Crippen molar-refractivity contribution in [2.75, 3.05) is 18.0 Å². The zero-order valence-electron chi connectivity index (χ0n) is 11.4. The molecule has 4 nitrogen and oxygen atoms in total. The van der Waals surface area contributed by atoms with E-state index < -0.39 is 0 Å². The number of aryl methyl sites for hydroxylation is 1. The first-order chi connectivity index (χ1) is 9.52. The van der Waals surface area contributed by atoms with Gasteiger partial charge in [-0.1, -0.05) is 22.0 Å². The van der Waals surface area contributed by atoms with E-state index in [2.05, 4.69) is 27.8 Å². The van der Waals surface area contributed by atoms with E-state index >= 15 is 0 Å². The van der Waals surface area contributed by atoms with Gasteiger partial charge in [-0.05, 0) is 30.7 Å². The Morgan fingerprint density at radius 2 is 2.35 bits per heavy atom. The maximum atomic E-state index is 12.1. The summed E-state index contributed by atoms with van der Waals surface area (Å²) in [6.07, 6.45) is 1.89. The van der Waals surface area contributed by atoms with E-state index in [0.717, 1.165) is 15.7 Å². The van der Waals surface area contributed by atoms with Crippen LogP contribution in [0.1, 0.15) is 12.0 Å². The predicted molar refractivity (Wildman–Crippen MR) is 82.5 cm³/mol. The van der Waals surface area contributed by atoms with Crippen LogP contribution in [0, 0.1) is 12.8 Å². The standard InChI is InChI=1S/C15H17BrN2O2/c1-3-6-17-15(20)11-8-14(19)18(9-11)13-5-4-12(16)7-10(13)2/h3-5,7,11H,1,6,8-9H2,2H3,(H,17,20)/t11-/m0/s1. The molecular weight excluding hydrogens is 320 g/mol. The zero-order valence-corrected chi connectivity index (χ0v) is 12.9. The summed E-state index contributed by atoms with van der Waals surface area (Å²) >= 11 is 3.41. The van der Waals surface area contributed by atoms with Crippen molar-refractivity contribution in [2.24, 2.45) is 5.92 Å². The highest BCUT2D eigenvalue weighted by Gasteiger charge is 2.35. The van der Waals surface area contributed by atoms with E-state index in [-0.39, 0.29) is 24.2 Å². The van der Waals surface area contributed by atoms with Gasteiger partial charge in [-0.3, -0.25) is 9.59 Å². The van der Waals surface area contributed by atoms with Crippen molar-refractivity contribution < 1.29 is 9.59 Å². The summed E-state index contributed by atoms with van der Waals surface area (Å²) in [6.45, 7) is 6.38. The second-order valence-electron chi connectivity index (χ2n) is 4.87. The van der Waals surface area contributed by atoms with E-state index in [4.69, 9.17) is 0 Å². The van der Waals surface area contributed by atoms with Gasteiger partial charge in [0.2, 0.25) is 11.8 Å². The van der Waals surface area contributed by atoms with Crippen molar-refractivity contribution in [3.63, 3.8) is 0 Å². The number of hydrogen-bond acceptors (Lipinski definition) is 2. The molecule has 1 atom stereocenters. The molecule has 2 rings (SSSR count). The van der Waals surface area contributed by atoms with Crippen molar-refractivity contribution in [1.29, 1.82) is 0 Å². The van der Waals surface area contributed by atoms with Crippen molar-refractivity contribution in [3.8, 4) is 0 Å². The quantitative estimate of drug-likeness (QED) is 0.858. The molecule has 0 spiro atoms. The highest BCUT2D eigenvalue weighted by molar-refractivity contribution is 9.10. The molecule has 1 aliphatic heterocycles. The van der Waals surface area contributed by atoms with Crippen LogP contribution in [0.4, 0.5) is 5.69 Å². The number of nitrogens with zero attached hydrogens (tertiary/aromatic N) is 1. The Kier molecular flexibility index (Phi) is 4.60. The summed E-state index contributed by atoms with van der Waals surface area (Å²) in [4.78, 5) is 25.7. The first-order valence-corrected chi connectivity index (χ1v) is 7.27. The second-order valence-corrected chi connectivity index (χ2v) is 5.79. The Morgan fingerprint density at radius 1 is 1.60 bits per heavy atom. The molecule has 20 heavy (non-hydrogen) atoms. The number of carbonyl (C=O) groups excluding carboxylic acids is 2. The smallest absolute Gasteiger partial charge is 0.227 e. The van der Waals surface area contributed by atoms with E-state index in [1.807, 2.05) is 25.1 Å². The van der Waals surface area contributed by atoms with Crippen LogP contribution < -0.4 is 10.2 Å². The van der Waals surface area contributed by atoms with Gasteiger partial charge in [-0.15, -0.1) is 6.58 Å². The molecule has 5 heteroatoms. The van der Waals surface area contributed by atoms with Gasteiger partial charge in [0, 0.05) is 29.7 Å². The topological polar surface area (TPSA) is 49.4 Å². The molecule has 2 amide bonds. The lowest BCUT2D eigenvalue weighted by Gasteiger charge is -2.19. The lowest BCUT2D eigenvalue weighted by molar-refractivity contribution is -0.126. The fourth-order valence-corrected chi connectivity index (χ4v) is 2.83. The first kappa shape index (κ1) is 14.8. The largest absolute Gasteiger partial charge is 0.352 e. The van der Waals surface area contributed by atoms with Crippen LogP contribution in [0.15, 0.2) is 35.3 Å².